The van der Waals surface area contributed by atoms with Crippen LogP contribution in [0.25, 0.3) is 42.7 Å². The zero-order valence-corrected chi connectivity index (χ0v) is 31.6. The van der Waals surface area contributed by atoms with Crippen LogP contribution < -0.4 is 0 Å². The van der Waals surface area contributed by atoms with E-state index in [4.69, 9.17) is 8.22 Å². The Kier molecular flexibility index (Phi) is 9.67. The van der Waals surface area contributed by atoms with E-state index in [1.54, 1.807) is 23.7 Å². The molecule has 2 nitrogen and oxygen atoms in total. The maximum absolute atomic E-state index is 8.74. The van der Waals surface area contributed by atoms with Gasteiger partial charge in [-0.1, -0.05) is 117 Å². The van der Waals surface area contributed by atoms with Crippen molar-refractivity contribution in [1.82, 2.24) is 9.97 Å². The molecule has 0 bridgehead atoms. The van der Waals surface area contributed by atoms with Gasteiger partial charge in [0.25, 0.3) is 0 Å². The van der Waals surface area contributed by atoms with E-state index in [-0.39, 0.29) is 20.1 Å². The fourth-order valence-corrected chi connectivity index (χ4v) is 7.64. The number of pyridine rings is 2. The fraction of sp³-hybridized carbons (Fsp3) is 0.261. The summed E-state index contributed by atoms with van der Waals surface area (Å²) >= 11 is 1.68. The number of benzene rings is 4. The van der Waals surface area contributed by atoms with Crippen LogP contribution in [-0.4, -0.2) is 9.97 Å². The number of aromatic nitrogens is 2. The van der Waals surface area contributed by atoms with Gasteiger partial charge in [0.15, 0.2) is 0 Å². The molecular formula is C46H44IrN2S-2. The summed E-state index contributed by atoms with van der Waals surface area (Å²) in [5.74, 6) is -0.103. The zero-order chi connectivity index (χ0) is 38.8. The SMILES string of the molecule is [2H]C(C)(C)c1ccnc(-c2[c-]cc3sc4ccc(C([2H])([2H])c5ccccc5)cc4c3c2)c1.[2H]C([2H])([2H])c1cnc(-c2[c-]cccc2)cc1CC1CCCCC1.[Ir]. The fourth-order valence-electron chi connectivity index (χ4n) is 6.59. The van der Waals surface area contributed by atoms with Crippen LogP contribution in [-0.2, 0) is 32.9 Å². The summed E-state index contributed by atoms with van der Waals surface area (Å²) in [6, 6.07) is 39.2. The zero-order valence-electron chi connectivity index (χ0n) is 34.4. The maximum atomic E-state index is 8.74. The van der Waals surface area contributed by atoms with Crippen molar-refractivity contribution in [2.75, 3.05) is 0 Å². The molecule has 4 aromatic carbocycles. The number of hydrogen-bond acceptors (Lipinski definition) is 3. The van der Waals surface area contributed by atoms with Gasteiger partial charge < -0.3 is 9.97 Å². The Hall–Kier alpha value is -3.95. The van der Waals surface area contributed by atoms with Gasteiger partial charge in [0, 0.05) is 45.4 Å². The Morgan fingerprint density at radius 3 is 2.40 bits per heavy atom. The van der Waals surface area contributed by atoms with E-state index in [2.05, 4.69) is 28.2 Å². The van der Waals surface area contributed by atoms with Crippen LogP contribution in [0.1, 0.15) is 87.9 Å². The molecule has 3 heterocycles. The van der Waals surface area contributed by atoms with Crippen LogP contribution in [0.15, 0.2) is 116 Å². The molecule has 0 amide bonds. The van der Waals surface area contributed by atoms with E-state index in [0.29, 0.717) is 22.6 Å². The monoisotopic (exact) mass is 855 g/mol. The van der Waals surface area contributed by atoms with Crippen molar-refractivity contribution >= 4 is 31.5 Å². The van der Waals surface area contributed by atoms with Gasteiger partial charge in [-0.15, -0.1) is 59.7 Å². The Morgan fingerprint density at radius 2 is 1.62 bits per heavy atom. The van der Waals surface area contributed by atoms with Crippen LogP contribution in [0, 0.1) is 24.9 Å². The number of thiophene rings is 1. The van der Waals surface area contributed by atoms with E-state index in [0.717, 1.165) is 60.2 Å². The second-order valence-electron chi connectivity index (χ2n) is 13.1. The molecule has 7 aromatic rings. The summed E-state index contributed by atoms with van der Waals surface area (Å²) in [6.45, 7) is 1.64. The Morgan fingerprint density at radius 1 is 0.820 bits per heavy atom. The normalized spacial score (nSPS) is 15.7. The molecule has 50 heavy (non-hydrogen) atoms. The molecule has 4 heteroatoms. The standard InChI is InChI=1S/C27H22NS.C19H22N.Ir/c1-18(2)21-12-13-28-25(17-21)22-9-11-27-24(16-22)23-15-20(8-10-26(23)29-27)14-19-6-4-3-5-7-19;1-15-14-20-19(17-10-6-3-7-11-17)13-18(15)12-16-8-4-2-5-9-16;/h3-8,10-13,15-18H,14H2,1-2H3;3,6-7,10,13-14,16H,2,4-5,8-9,12H2,1H3;/q2*-1;/i14D2,18D;1D3;. The molecule has 1 fully saturated rings. The summed E-state index contributed by atoms with van der Waals surface area (Å²) in [6.07, 6.45) is 8.79. The van der Waals surface area contributed by atoms with Gasteiger partial charge in [-0.05, 0) is 81.8 Å². The summed E-state index contributed by atoms with van der Waals surface area (Å²) in [5, 5.41) is 2.11. The topological polar surface area (TPSA) is 25.8 Å². The number of hydrogen-bond donors (Lipinski definition) is 0. The summed E-state index contributed by atoms with van der Waals surface area (Å²) in [5.41, 5.74) is 6.92. The van der Waals surface area contributed by atoms with E-state index < -0.39 is 19.1 Å². The Bertz CT molecular complexity index is 2400. The quantitative estimate of drug-likeness (QED) is 0.149. The molecule has 0 unspecified atom stereocenters. The molecule has 255 valence electrons. The molecule has 0 spiro atoms. The van der Waals surface area contributed by atoms with Crippen molar-refractivity contribution in [2.24, 2.45) is 5.92 Å². The second-order valence-corrected chi connectivity index (χ2v) is 14.2. The van der Waals surface area contributed by atoms with Crippen molar-refractivity contribution in [3.63, 3.8) is 0 Å². The van der Waals surface area contributed by atoms with E-state index in [1.165, 1.54) is 32.1 Å². The van der Waals surface area contributed by atoms with Crippen molar-refractivity contribution < 1.29 is 28.3 Å². The number of nitrogens with zero attached hydrogens (tertiary/aromatic N) is 2. The Balaban J connectivity index is 0.000000197. The maximum Gasteiger partial charge on any atom is 0.0366 e. The van der Waals surface area contributed by atoms with Gasteiger partial charge in [0.05, 0.1) is 0 Å². The minimum absolute atomic E-state index is 0. The molecule has 0 aliphatic heterocycles. The molecule has 1 aliphatic rings. The molecule has 1 radical (unpaired) electrons. The average molecular weight is 855 g/mol. The molecule has 0 N–H and O–H groups in total. The molecule has 1 saturated carbocycles. The van der Waals surface area contributed by atoms with Crippen LogP contribution >= 0.6 is 11.3 Å². The first kappa shape index (κ1) is 28.7. The third kappa shape index (κ3) is 8.67. The third-order valence-electron chi connectivity index (χ3n) is 9.29. The first-order valence-electron chi connectivity index (χ1n) is 20.1. The molecule has 0 saturated heterocycles. The minimum atomic E-state index is -2.10. The number of aryl methyl sites for hydroxylation is 1. The van der Waals surface area contributed by atoms with Crippen LogP contribution in [0.3, 0.4) is 0 Å². The van der Waals surface area contributed by atoms with Gasteiger partial charge in [-0.3, -0.25) is 0 Å². The third-order valence-corrected chi connectivity index (χ3v) is 10.4. The van der Waals surface area contributed by atoms with Crippen molar-refractivity contribution in [2.45, 2.75) is 71.5 Å². The molecule has 0 atom stereocenters. The van der Waals surface area contributed by atoms with Crippen LogP contribution in [0.4, 0.5) is 0 Å². The summed E-state index contributed by atoms with van der Waals surface area (Å²) in [4.78, 5) is 8.90. The molecule has 8 rings (SSSR count). The predicted octanol–water partition coefficient (Wildman–Crippen LogP) is 12.6. The largest absolute Gasteiger partial charge is 0.305 e. The van der Waals surface area contributed by atoms with E-state index >= 15 is 0 Å². The Labute approximate surface area is 323 Å². The van der Waals surface area contributed by atoms with Crippen molar-refractivity contribution in [1.29, 1.82) is 0 Å². The first-order chi connectivity index (χ1) is 26.3. The smallest absolute Gasteiger partial charge is 0.0366 e. The summed E-state index contributed by atoms with van der Waals surface area (Å²) < 4.78 is 51.4. The van der Waals surface area contributed by atoms with E-state index in [1.807, 2.05) is 111 Å². The predicted molar refractivity (Wildman–Crippen MR) is 208 cm³/mol. The average Bonchev–Trinajstić information content (AvgIpc) is 3.56. The summed E-state index contributed by atoms with van der Waals surface area (Å²) in [7, 11) is 0. The van der Waals surface area contributed by atoms with Gasteiger partial charge in [-0.25, -0.2) is 0 Å². The van der Waals surface area contributed by atoms with E-state index in [9.17, 15) is 0 Å². The molecule has 1 aliphatic carbocycles. The second kappa shape index (κ2) is 16.8. The van der Waals surface area contributed by atoms with Gasteiger partial charge in [0.1, 0.15) is 0 Å². The number of rotatable bonds is 7. The van der Waals surface area contributed by atoms with Gasteiger partial charge >= 0.3 is 0 Å². The van der Waals surface area contributed by atoms with Crippen molar-refractivity contribution in [3.8, 4) is 22.5 Å². The van der Waals surface area contributed by atoms with Crippen molar-refractivity contribution in [3.05, 3.63) is 155 Å². The van der Waals surface area contributed by atoms with Gasteiger partial charge in [0.2, 0.25) is 0 Å². The molecule has 3 aromatic heterocycles. The number of fused-ring (bicyclic) bond motifs is 3. The van der Waals surface area contributed by atoms with Gasteiger partial charge in [-0.2, -0.15) is 11.3 Å². The first-order valence-corrected chi connectivity index (χ1v) is 18.0. The molecular weight excluding hydrogens is 805 g/mol. The minimum Gasteiger partial charge on any atom is -0.305 e. The van der Waals surface area contributed by atoms with Crippen LogP contribution in [0.5, 0.6) is 0 Å². The van der Waals surface area contributed by atoms with Crippen LogP contribution in [0.2, 0.25) is 0 Å².